The highest BCUT2D eigenvalue weighted by Gasteiger charge is 2.09. The number of thiophene rings is 1. The van der Waals surface area contributed by atoms with Gasteiger partial charge in [-0.15, -0.1) is 0 Å². The lowest BCUT2D eigenvalue weighted by atomic mass is 10.1. The summed E-state index contributed by atoms with van der Waals surface area (Å²) in [5.74, 6) is 0.838. The second kappa shape index (κ2) is 6.07. The molecule has 0 fully saturated rings. The maximum Gasteiger partial charge on any atom is 0.160 e. The number of hydrogen-bond donors (Lipinski definition) is 1. The van der Waals surface area contributed by atoms with Crippen LogP contribution in [0.1, 0.15) is 30.3 Å². The van der Waals surface area contributed by atoms with Gasteiger partial charge in [-0.1, -0.05) is 6.92 Å². The Labute approximate surface area is 112 Å². The van der Waals surface area contributed by atoms with E-state index in [0.717, 1.165) is 42.3 Å². The average molecular weight is 261 g/mol. The normalized spacial score (nSPS) is 10.8. The van der Waals surface area contributed by atoms with Crippen LogP contribution in [0.4, 0.5) is 0 Å². The van der Waals surface area contributed by atoms with Crippen molar-refractivity contribution < 1.29 is 0 Å². The van der Waals surface area contributed by atoms with Crippen molar-refractivity contribution in [1.29, 1.82) is 0 Å². The predicted octanol–water partition coefficient (Wildman–Crippen LogP) is 3.32. The fourth-order valence-corrected chi connectivity index (χ4v) is 2.54. The van der Waals surface area contributed by atoms with Crippen molar-refractivity contribution in [3.05, 3.63) is 33.8 Å². The monoisotopic (exact) mass is 261 g/mol. The molecule has 0 radical (unpaired) electrons. The summed E-state index contributed by atoms with van der Waals surface area (Å²) in [6.07, 6.45) is 1.14. The third-order valence-electron chi connectivity index (χ3n) is 2.93. The molecule has 0 atom stereocenters. The largest absolute Gasteiger partial charge is 0.313 e. The molecule has 0 saturated heterocycles. The number of rotatable bonds is 5. The summed E-state index contributed by atoms with van der Waals surface area (Å²) in [5.41, 5.74) is 4.49. The minimum atomic E-state index is 0.838. The number of aromatic nitrogens is 2. The third-order valence-corrected chi connectivity index (χ3v) is 3.61. The van der Waals surface area contributed by atoms with Gasteiger partial charge in [0, 0.05) is 34.4 Å². The zero-order valence-electron chi connectivity index (χ0n) is 11.2. The quantitative estimate of drug-likeness (QED) is 0.839. The summed E-state index contributed by atoms with van der Waals surface area (Å²) >= 11 is 1.67. The maximum atomic E-state index is 4.61. The summed E-state index contributed by atoms with van der Waals surface area (Å²) in [7, 11) is 0. The topological polar surface area (TPSA) is 37.8 Å². The highest BCUT2D eigenvalue weighted by atomic mass is 32.1. The number of hydrogen-bond acceptors (Lipinski definition) is 4. The van der Waals surface area contributed by atoms with Gasteiger partial charge in [0.15, 0.2) is 5.82 Å². The molecule has 0 unspecified atom stereocenters. The predicted molar refractivity (Wildman–Crippen MR) is 76.8 cm³/mol. The van der Waals surface area contributed by atoms with E-state index in [4.69, 9.17) is 0 Å². The zero-order valence-corrected chi connectivity index (χ0v) is 12.0. The molecular formula is C14H19N3S. The van der Waals surface area contributed by atoms with Gasteiger partial charge in [0.25, 0.3) is 0 Å². The fraction of sp³-hybridized carbons (Fsp3) is 0.429. The van der Waals surface area contributed by atoms with Crippen LogP contribution in [0.2, 0.25) is 0 Å². The SMILES string of the molecule is CCCNCc1c(C)nc(-c2ccsc2)nc1C. The lowest BCUT2D eigenvalue weighted by Gasteiger charge is -2.11. The van der Waals surface area contributed by atoms with Crippen LogP contribution in [0.15, 0.2) is 16.8 Å². The zero-order chi connectivity index (χ0) is 13.0. The van der Waals surface area contributed by atoms with Crippen molar-refractivity contribution in [3.8, 4) is 11.4 Å². The summed E-state index contributed by atoms with van der Waals surface area (Å²) in [4.78, 5) is 9.22. The Bertz CT molecular complexity index is 483. The summed E-state index contributed by atoms with van der Waals surface area (Å²) in [5, 5.41) is 7.55. The molecule has 0 aliphatic heterocycles. The maximum absolute atomic E-state index is 4.61. The lowest BCUT2D eigenvalue weighted by molar-refractivity contribution is 0.665. The molecular weight excluding hydrogens is 242 g/mol. The van der Waals surface area contributed by atoms with Crippen molar-refractivity contribution in [2.45, 2.75) is 33.7 Å². The molecule has 0 amide bonds. The molecule has 0 aromatic carbocycles. The van der Waals surface area contributed by atoms with Crippen molar-refractivity contribution in [1.82, 2.24) is 15.3 Å². The Hall–Kier alpha value is -1.26. The van der Waals surface area contributed by atoms with Gasteiger partial charge in [-0.2, -0.15) is 11.3 Å². The van der Waals surface area contributed by atoms with E-state index in [-0.39, 0.29) is 0 Å². The Morgan fingerprint density at radius 1 is 1.22 bits per heavy atom. The van der Waals surface area contributed by atoms with Crippen molar-refractivity contribution in [2.75, 3.05) is 6.54 Å². The molecule has 3 nitrogen and oxygen atoms in total. The van der Waals surface area contributed by atoms with Crippen LogP contribution >= 0.6 is 11.3 Å². The van der Waals surface area contributed by atoms with Gasteiger partial charge in [-0.05, 0) is 38.3 Å². The van der Waals surface area contributed by atoms with Crippen molar-refractivity contribution in [3.63, 3.8) is 0 Å². The summed E-state index contributed by atoms with van der Waals surface area (Å²) in [6.45, 7) is 8.19. The number of nitrogens with zero attached hydrogens (tertiary/aromatic N) is 2. The third kappa shape index (κ3) is 2.94. The second-order valence-corrected chi connectivity index (χ2v) is 5.17. The molecule has 0 aliphatic rings. The van der Waals surface area contributed by atoms with E-state index in [1.807, 2.05) is 0 Å². The van der Waals surface area contributed by atoms with E-state index in [1.54, 1.807) is 11.3 Å². The summed E-state index contributed by atoms with van der Waals surface area (Å²) in [6, 6.07) is 2.06. The molecule has 2 rings (SSSR count). The molecule has 0 spiro atoms. The standard InChI is InChI=1S/C14H19N3S/c1-4-6-15-8-13-10(2)16-14(17-11(13)3)12-5-7-18-9-12/h5,7,9,15H,4,6,8H2,1-3H3. The van der Waals surface area contributed by atoms with Gasteiger partial charge in [-0.3, -0.25) is 0 Å². The molecule has 0 aliphatic carbocycles. The number of nitrogens with one attached hydrogen (secondary N) is 1. The molecule has 0 bridgehead atoms. The molecule has 2 heterocycles. The van der Waals surface area contributed by atoms with E-state index in [1.165, 1.54) is 5.56 Å². The second-order valence-electron chi connectivity index (χ2n) is 4.39. The Morgan fingerprint density at radius 3 is 2.50 bits per heavy atom. The molecule has 4 heteroatoms. The van der Waals surface area contributed by atoms with Crippen LogP contribution in [-0.4, -0.2) is 16.5 Å². The first-order valence-electron chi connectivity index (χ1n) is 6.29. The minimum absolute atomic E-state index is 0.838. The van der Waals surface area contributed by atoms with E-state index in [2.05, 4.69) is 52.9 Å². The molecule has 18 heavy (non-hydrogen) atoms. The lowest BCUT2D eigenvalue weighted by Crippen LogP contribution is -2.17. The van der Waals surface area contributed by atoms with E-state index in [0.29, 0.717) is 0 Å². The Morgan fingerprint density at radius 2 is 1.94 bits per heavy atom. The Balaban J connectivity index is 2.24. The molecule has 2 aromatic heterocycles. The van der Waals surface area contributed by atoms with Crippen LogP contribution in [0, 0.1) is 13.8 Å². The first-order valence-corrected chi connectivity index (χ1v) is 7.24. The molecule has 1 N–H and O–H groups in total. The number of aryl methyl sites for hydroxylation is 2. The van der Waals surface area contributed by atoms with Gasteiger partial charge in [0.05, 0.1) is 0 Å². The van der Waals surface area contributed by atoms with Gasteiger partial charge < -0.3 is 5.32 Å². The van der Waals surface area contributed by atoms with Gasteiger partial charge >= 0.3 is 0 Å². The van der Waals surface area contributed by atoms with Crippen LogP contribution in [0.3, 0.4) is 0 Å². The van der Waals surface area contributed by atoms with E-state index >= 15 is 0 Å². The molecule has 2 aromatic rings. The average Bonchev–Trinajstić information content (AvgIpc) is 2.86. The van der Waals surface area contributed by atoms with E-state index in [9.17, 15) is 0 Å². The first kappa shape index (κ1) is 13.2. The Kier molecular flexibility index (Phi) is 4.44. The molecule has 0 saturated carbocycles. The van der Waals surface area contributed by atoms with Crippen molar-refractivity contribution >= 4 is 11.3 Å². The highest BCUT2D eigenvalue weighted by molar-refractivity contribution is 7.08. The van der Waals surface area contributed by atoms with Gasteiger partial charge in [-0.25, -0.2) is 9.97 Å². The van der Waals surface area contributed by atoms with Crippen LogP contribution in [-0.2, 0) is 6.54 Å². The van der Waals surface area contributed by atoms with Gasteiger partial charge in [0.2, 0.25) is 0 Å². The van der Waals surface area contributed by atoms with E-state index < -0.39 is 0 Å². The van der Waals surface area contributed by atoms with Crippen LogP contribution < -0.4 is 5.32 Å². The van der Waals surface area contributed by atoms with Crippen LogP contribution in [0.25, 0.3) is 11.4 Å². The molecule has 96 valence electrons. The van der Waals surface area contributed by atoms with Crippen molar-refractivity contribution in [2.24, 2.45) is 0 Å². The summed E-state index contributed by atoms with van der Waals surface area (Å²) < 4.78 is 0. The smallest absolute Gasteiger partial charge is 0.160 e. The highest BCUT2D eigenvalue weighted by Crippen LogP contribution is 2.20. The van der Waals surface area contributed by atoms with Crippen LogP contribution in [0.5, 0.6) is 0 Å². The van der Waals surface area contributed by atoms with Gasteiger partial charge in [0.1, 0.15) is 0 Å². The minimum Gasteiger partial charge on any atom is -0.313 e. The fourth-order valence-electron chi connectivity index (χ4n) is 1.91. The first-order chi connectivity index (χ1) is 8.72.